The minimum atomic E-state index is -1.42. The first-order chi connectivity index (χ1) is 31.5. The second-order valence-electron chi connectivity index (χ2n) is 20.7. The molecule has 0 unspecified atom stereocenters. The van der Waals surface area contributed by atoms with Crippen LogP contribution >= 0.6 is 23.2 Å². The molecule has 68 heavy (non-hydrogen) atoms. The zero-order valence-corrected chi connectivity index (χ0v) is 45.4. The Labute approximate surface area is 418 Å². The van der Waals surface area contributed by atoms with E-state index in [0.717, 1.165) is 5.56 Å². The highest BCUT2D eigenvalue weighted by molar-refractivity contribution is 6.39. The number of halogens is 2. The van der Waals surface area contributed by atoms with E-state index < -0.39 is 71.6 Å². The first kappa shape index (κ1) is 61.5. The fourth-order valence-corrected chi connectivity index (χ4v) is 9.72. The molecule has 1 saturated heterocycles. The number of carbonyl (C=O) groups excluding carboxylic acids is 2. The quantitative estimate of drug-likeness (QED) is 0.0530. The number of hydrogen-bond acceptors (Lipinski definition) is 14. The van der Waals surface area contributed by atoms with Gasteiger partial charge in [0.1, 0.15) is 12.7 Å². The van der Waals surface area contributed by atoms with Gasteiger partial charge in [-0.05, 0) is 138 Å². The number of para-hydroxylation sites is 1. The summed E-state index contributed by atoms with van der Waals surface area (Å²) in [7, 11) is 9.85. The number of anilines is 2. The number of esters is 2. The van der Waals surface area contributed by atoms with Gasteiger partial charge in [0.2, 0.25) is 0 Å². The van der Waals surface area contributed by atoms with E-state index in [-0.39, 0.29) is 36.9 Å². The third kappa shape index (κ3) is 17.9. The van der Waals surface area contributed by atoms with Crippen LogP contribution in [0.1, 0.15) is 117 Å². The van der Waals surface area contributed by atoms with Crippen LogP contribution in [0.25, 0.3) is 0 Å². The molecule has 0 aromatic heterocycles. The number of aliphatic hydroxyl groups is 5. The van der Waals surface area contributed by atoms with E-state index in [1.165, 1.54) is 0 Å². The van der Waals surface area contributed by atoms with E-state index in [4.69, 9.17) is 37.4 Å². The van der Waals surface area contributed by atoms with Crippen LogP contribution in [0.15, 0.2) is 36.4 Å². The summed E-state index contributed by atoms with van der Waals surface area (Å²) in [5.41, 5.74) is -0.611. The van der Waals surface area contributed by atoms with Crippen molar-refractivity contribution in [3.05, 3.63) is 57.6 Å². The lowest BCUT2D eigenvalue weighted by Crippen LogP contribution is -2.50. The number of aryl methyl sites for hydroxylation is 1. The van der Waals surface area contributed by atoms with Gasteiger partial charge in [0.05, 0.1) is 74.6 Å². The number of nitrogens with one attached hydrogen (secondary N) is 1. The molecule has 3 rings (SSSR count). The van der Waals surface area contributed by atoms with Gasteiger partial charge in [-0.25, -0.2) is 4.79 Å². The zero-order chi connectivity index (χ0) is 52.0. The maximum absolute atomic E-state index is 13.5. The van der Waals surface area contributed by atoms with Crippen LogP contribution in [-0.4, -0.2) is 167 Å². The van der Waals surface area contributed by atoms with Crippen LogP contribution < -0.4 is 5.32 Å². The molecule has 2 aromatic carbocycles. The molecular weight excluding hydrogens is 911 g/mol. The molecule has 0 saturated carbocycles. The van der Waals surface area contributed by atoms with Crippen LogP contribution in [0.2, 0.25) is 10.0 Å². The number of likely N-dealkylation sites (N-methyl/N-ethyl adjacent to an activating group) is 2. The Kier molecular flexibility index (Phi) is 25.2. The smallest absolute Gasteiger partial charge is 0.340 e. The van der Waals surface area contributed by atoms with E-state index in [0.29, 0.717) is 65.8 Å². The third-order valence-electron chi connectivity index (χ3n) is 13.4. The normalized spacial score (nSPS) is 22.0. The van der Waals surface area contributed by atoms with Gasteiger partial charge in [0.25, 0.3) is 0 Å². The topological polar surface area (TPSA) is 185 Å². The Hall–Kier alpha value is -2.60. The molecule has 1 aliphatic rings. The Morgan fingerprint density at radius 1 is 0.926 bits per heavy atom. The molecule has 1 aliphatic heterocycles. The van der Waals surface area contributed by atoms with Crippen LogP contribution in [0, 0.1) is 30.6 Å². The maximum atomic E-state index is 13.5. The Morgan fingerprint density at radius 2 is 1.53 bits per heavy atom. The van der Waals surface area contributed by atoms with Crippen LogP contribution in [0.5, 0.6) is 0 Å². The molecule has 1 fully saturated rings. The molecule has 14 nitrogen and oxygen atoms in total. The Morgan fingerprint density at radius 3 is 2.09 bits per heavy atom. The van der Waals surface area contributed by atoms with E-state index in [9.17, 15) is 35.1 Å². The summed E-state index contributed by atoms with van der Waals surface area (Å²) < 4.78 is 18.3. The number of aliphatic hydroxyl groups excluding tert-OH is 3. The molecule has 0 radical (unpaired) electrons. The molecule has 6 N–H and O–H groups in total. The monoisotopic (exact) mass is 999 g/mol. The predicted molar refractivity (Wildman–Crippen MR) is 274 cm³/mol. The molecule has 1 heterocycles. The molecule has 2 aromatic rings. The van der Waals surface area contributed by atoms with Crippen molar-refractivity contribution in [3.8, 4) is 0 Å². The summed E-state index contributed by atoms with van der Waals surface area (Å²) in [4.78, 5) is 33.0. The van der Waals surface area contributed by atoms with Gasteiger partial charge in [0, 0.05) is 37.5 Å². The van der Waals surface area contributed by atoms with Gasteiger partial charge in [-0.1, -0.05) is 76.0 Å². The highest BCUT2D eigenvalue weighted by Crippen LogP contribution is 2.45. The highest BCUT2D eigenvalue weighted by atomic mass is 35.5. The predicted octanol–water partition coefficient (Wildman–Crippen LogP) is 7.82. The highest BCUT2D eigenvalue weighted by Gasteiger charge is 2.54. The Balaban J connectivity index is 0.00000381. The lowest BCUT2D eigenvalue weighted by molar-refractivity contribution is -0.175. The van der Waals surface area contributed by atoms with Crippen molar-refractivity contribution in [2.24, 2.45) is 23.7 Å². The molecule has 0 aliphatic carbocycles. The lowest BCUT2D eigenvalue weighted by Gasteiger charge is -2.39. The fraction of sp³-hybridized carbons (Fsp3) is 0.731. The van der Waals surface area contributed by atoms with E-state index >= 15 is 0 Å². The van der Waals surface area contributed by atoms with Crippen molar-refractivity contribution < 1.29 is 49.3 Å². The van der Waals surface area contributed by atoms with E-state index in [2.05, 4.69) is 10.2 Å². The van der Waals surface area contributed by atoms with Crippen molar-refractivity contribution in [2.45, 2.75) is 168 Å². The van der Waals surface area contributed by atoms with Crippen molar-refractivity contribution in [2.75, 3.05) is 60.3 Å². The maximum Gasteiger partial charge on any atom is 0.340 e. The number of rotatable bonds is 25. The van der Waals surface area contributed by atoms with Crippen molar-refractivity contribution in [1.82, 2.24) is 14.7 Å². The van der Waals surface area contributed by atoms with Crippen LogP contribution in [-0.2, 0) is 19.0 Å². The largest absolute Gasteiger partial charge is 0.461 e. The molecule has 16 heteroatoms. The van der Waals surface area contributed by atoms with Gasteiger partial charge in [-0.3, -0.25) is 9.69 Å². The van der Waals surface area contributed by atoms with Crippen LogP contribution in [0.3, 0.4) is 0 Å². The third-order valence-corrected chi connectivity index (χ3v) is 14.2. The summed E-state index contributed by atoms with van der Waals surface area (Å²) in [6.45, 7) is 20.8. The molecular formula is C52H88Cl2N4O10. The fourth-order valence-electron chi connectivity index (χ4n) is 9.25. The number of benzene rings is 2. The van der Waals surface area contributed by atoms with Crippen molar-refractivity contribution in [3.63, 3.8) is 0 Å². The van der Waals surface area contributed by atoms with Crippen LogP contribution in [0.4, 0.5) is 11.4 Å². The summed E-state index contributed by atoms with van der Waals surface area (Å²) in [6, 6.07) is 10.1. The molecule has 0 amide bonds. The van der Waals surface area contributed by atoms with E-state index in [1.54, 1.807) is 65.0 Å². The van der Waals surface area contributed by atoms with Gasteiger partial charge in [-0.15, -0.1) is 0 Å². The van der Waals surface area contributed by atoms with E-state index in [1.807, 2.05) is 92.6 Å². The second-order valence-corrected chi connectivity index (χ2v) is 21.5. The average Bonchev–Trinajstić information content (AvgIpc) is 3.60. The van der Waals surface area contributed by atoms with Gasteiger partial charge in [-0.2, -0.15) is 0 Å². The summed E-state index contributed by atoms with van der Waals surface area (Å²) in [6.07, 6.45) is -2.73. The molecule has 13 atom stereocenters. The summed E-state index contributed by atoms with van der Waals surface area (Å²) in [5.74, 6) is -3.23. The Bertz CT molecular complexity index is 1850. The first-order valence-corrected chi connectivity index (χ1v) is 25.1. The molecule has 390 valence electrons. The second kappa shape index (κ2) is 27.9. The molecule has 0 spiro atoms. The SMILES string of the molecule is CC[C@H](O)[C@@H](C)N(C)C[C@H](C)C[C@]1(O)C[C@H]([C@@H](C)[C@@H](C[C@@H](C)O)N(C)CCOC(=O)c2ccccc2Nc2c(Cl)ccc(C)c2Cl)O[C@@H]1[C@@H](C)[C@H](O)[C@@H](C)C(=O)O[C@H](CC)C(C)(C)O.CN(C)C. The minimum absolute atomic E-state index is 0.0382. The van der Waals surface area contributed by atoms with Gasteiger partial charge >= 0.3 is 11.9 Å². The summed E-state index contributed by atoms with van der Waals surface area (Å²) in [5, 5.41) is 60.5. The minimum Gasteiger partial charge on any atom is -0.461 e. The number of carbonyl (C=O) groups is 2. The number of hydrogen-bond donors (Lipinski definition) is 6. The molecule has 0 bridgehead atoms. The zero-order valence-electron chi connectivity index (χ0n) is 43.9. The average molecular weight is 1000 g/mol. The number of nitrogens with zero attached hydrogens (tertiary/aromatic N) is 3. The number of ether oxygens (including phenoxy) is 3. The summed E-state index contributed by atoms with van der Waals surface area (Å²) >= 11 is 13.0. The van der Waals surface area contributed by atoms with Gasteiger partial charge < -0.3 is 54.9 Å². The standard InChI is InChI=1S/C49H79Cl2N3O10.C3H9N/c1-14-39(56)34(9)54(13)27-28(3)25-49(61)26-40(63-45(49)32(7)44(57)33(8)46(58)64-41(15-2)48(10,11)60)31(6)38(24-30(5)55)53(12)22-23-62-47(59)35-18-16-17-19-37(35)52-43-36(50)21-20-29(4)42(43)51;1-4(2)3/h16-21,28,30-34,38-41,44-45,52,55-57,60-61H,14-15,22-27H2,1-13H3;1-3H3/t28-,30-,31+,32+,33-,34-,38-,39+,40-,41-,44+,45-,49+;/m1./s1. The van der Waals surface area contributed by atoms with Crippen molar-refractivity contribution >= 4 is 46.5 Å². The first-order valence-electron chi connectivity index (χ1n) is 24.3. The lowest BCUT2D eigenvalue weighted by atomic mass is 9.75. The van der Waals surface area contributed by atoms with Gasteiger partial charge in [0.15, 0.2) is 0 Å². The van der Waals surface area contributed by atoms with Crippen molar-refractivity contribution in [1.29, 1.82) is 0 Å².